The van der Waals surface area contributed by atoms with Crippen molar-refractivity contribution in [3.8, 4) is 0 Å². The summed E-state index contributed by atoms with van der Waals surface area (Å²) < 4.78 is 4.79. The molecule has 3 nitrogen and oxygen atoms in total. The molecule has 0 fully saturated rings. The highest BCUT2D eigenvalue weighted by atomic mass is 35.5. The largest absolute Gasteiger partial charge is 0.383 e. The molecule has 0 saturated heterocycles. The molecule has 0 saturated carbocycles. The summed E-state index contributed by atoms with van der Waals surface area (Å²) in [5.41, 5.74) is 0. The Bertz CT molecular complexity index is 108. The minimum Gasteiger partial charge on any atom is -0.383 e. The third-order valence-corrected chi connectivity index (χ3v) is 1.19. The molecule has 0 radical (unpaired) electrons. The van der Waals surface area contributed by atoms with Gasteiger partial charge in [0.25, 0.3) is 0 Å². The van der Waals surface area contributed by atoms with Gasteiger partial charge >= 0.3 is 0 Å². The minimum atomic E-state index is -0.161. The lowest BCUT2D eigenvalue weighted by molar-refractivity contribution is -0.119. The highest BCUT2D eigenvalue weighted by Crippen LogP contribution is 1.83. The Morgan fingerprint density at radius 3 is 2.80 bits per heavy atom. The summed E-state index contributed by atoms with van der Waals surface area (Å²) in [4.78, 5) is 10.6. The first-order chi connectivity index (χ1) is 4.70. The van der Waals surface area contributed by atoms with Gasteiger partial charge in [0.05, 0.1) is 6.61 Å². The van der Waals surface area contributed by atoms with Gasteiger partial charge in [-0.05, 0) is 6.92 Å². The molecule has 60 valence electrons. The number of alkyl halides is 1. The Hall–Kier alpha value is -0.280. The number of halogens is 1. The summed E-state index contributed by atoms with van der Waals surface area (Å²) >= 11 is 5.24. The van der Waals surface area contributed by atoms with Gasteiger partial charge in [0.1, 0.15) is 5.88 Å². The van der Waals surface area contributed by atoms with E-state index < -0.39 is 0 Å². The van der Waals surface area contributed by atoms with Crippen molar-refractivity contribution in [3.63, 3.8) is 0 Å². The molecule has 0 aliphatic rings. The first-order valence-corrected chi connectivity index (χ1v) is 3.58. The Morgan fingerprint density at radius 2 is 2.40 bits per heavy atom. The quantitative estimate of drug-likeness (QED) is 0.612. The number of hydrogen-bond acceptors (Lipinski definition) is 2. The minimum absolute atomic E-state index is 0.00799. The molecule has 1 atom stereocenters. The number of carbonyl (C=O) groups is 1. The smallest absolute Gasteiger partial charge is 0.235 e. The average molecular weight is 166 g/mol. The summed E-state index contributed by atoms with van der Waals surface area (Å²) in [5, 5.41) is 2.63. The third-order valence-electron chi connectivity index (χ3n) is 0.945. The van der Waals surface area contributed by atoms with Gasteiger partial charge in [-0.3, -0.25) is 4.79 Å². The van der Waals surface area contributed by atoms with Crippen LogP contribution in [0.2, 0.25) is 0 Å². The van der Waals surface area contributed by atoms with Crippen LogP contribution in [-0.2, 0) is 9.53 Å². The summed E-state index contributed by atoms with van der Waals surface area (Å²) in [5.74, 6) is -0.153. The molecule has 0 aliphatic heterocycles. The topological polar surface area (TPSA) is 38.3 Å². The predicted molar refractivity (Wildman–Crippen MR) is 40.2 cm³/mol. The highest BCUT2D eigenvalue weighted by Gasteiger charge is 2.03. The Labute approximate surface area is 65.7 Å². The van der Waals surface area contributed by atoms with E-state index in [1.807, 2.05) is 6.92 Å². The van der Waals surface area contributed by atoms with Crippen molar-refractivity contribution in [2.45, 2.75) is 13.0 Å². The van der Waals surface area contributed by atoms with Gasteiger partial charge in [-0.1, -0.05) is 0 Å². The fraction of sp³-hybridized carbons (Fsp3) is 0.833. The maximum atomic E-state index is 10.6. The molecule has 1 amide bonds. The standard InChI is InChI=1S/C6H12ClNO2/c1-5(4-10-2)8-6(9)3-7/h5H,3-4H2,1-2H3,(H,8,9)/t5-/m1/s1. The molecule has 0 unspecified atom stereocenters. The highest BCUT2D eigenvalue weighted by molar-refractivity contribution is 6.27. The summed E-state index contributed by atoms with van der Waals surface area (Å²) in [7, 11) is 1.59. The average Bonchev–Trinajstić information content (AvgIpc) is 1.88. The lowest BCUT2D eigenvalue weighted by Crippen LogP contribution is -2.36. The van der Waals surface area contributed by atoms with E-state index in [1.165, 1.54) is 0 Å². The zero-order valence-corrected chi connectivity index (χ0v) is 6.94. The van der Waals surface area contributed by atoms with Crippen molar-refractivity contribution < 1.29 is 9.53 Å². The Kier molecular flexibility index (Phi) is 5.35. The van der Waals surface area contributed by atoms with Gasteiger partial charge in [0, 0.05) is 13.2 Å². The second-order valence-electron chi connectivity index (χ2n) is 2.06. The lowest BCUT2D eigenvalue weighted by Gasteiger charge is -2.10. The van der Waals surface area contributed by atoms with Crippen molar-refractivity contribution in [2.24, 2.45) is 0 Å². The molecule has 0 aliphatic carbocycles. The van der Waals surface area contributed by atoms with Crippen LogP contribution in [0.15, 0.2) is 0 Å². The van der Waals surface area contributed by atoms with Crippen molar-refractivity contribution in [2.75, 3.05) is 19.6 Å². The number of hydrogen-bond donors (Lipinski definition) is 1. The van der Waals surface area contributed by atoms with E-state index in [9.17, 15) is 4.79 Å². The van der Waals surface area contributed by atoms with E-state index in [-0.39, 0.29) is 17.8 Å². The van der Waals surface area contributed by atoms with Crippen LogP contribution in [-0.4, -0.2) is 31.5 Å². The van der Waals surface area contributed by atoms with Gasteiger partial charge < -0.3 is 10.1 Å². The van der Waals surface area contributed by atoms with Crippen LogP contribution in [0.4, 0.5) is 0 Å². The van der Waals surface area contributed by atoms with Gasteiger partial charge in [-0.25, -0.2) is 0 Å². The number of methoxy groups -OCH3 is 1. The van der Waals surface area contributed by atoms with Crippen LogP contribution in [0.5, 0.6) is 0 Å². The molecule has 10 heavy (non-hydrogen) atoms. The number of amides is 1. The summed E-state index contributed by atoms with van der Waals surface area (Å²) in [6, 6.07) is 0.0382. The second kappa shape index (κ2) is 5.50. The van der Waals surface area contributed by atoms with E-state index >= 15 is 0 Å². The van der Waals surface area contributed by atoms with Crippen LogP contribution in [0.1, 0.15) is 6.92 Å². The number of rotatable bonds is 4. The van der Waals surface area contributed by atoms with Crippen LogP contribution in [0.3, 0.4) is 0 Å². The molecule has 4 heteroatoms. The fourth-order valence-electron chi connectivity index (χ4n) is 0.605. The second-order valence-corrected chi connectivity index (χ2v) is 2.32. The zero-order chi connectivity index (χ0) is 7.98. The maximum Gasteiger partial charge on any atom is 0.235 e. The molecular formula is C6H12ClNO2. The molecular weight excluding hydrogens is 154 g/mol. The molecule has 0 heterocycles. The van der Waals surface area contributed by atoms with Crippen LogP contribution >= 0.6 is 11.6 Å². The number of carbonyl (C=O) groups excluding carboxylic acids is 1. The van der Waals surface area contributed by atoms with E-state index in [2.05, 4.69) is 5.32 Å². The van der Waals surface area contributed by atoms with E-state index in [0.29, 0.717) is 6.61 Å². The molecule has 0 spiro atoms. The van der Waals surface area contributed by atoms with Crippen LogP contribution < -0.4 is 5.32 Å². The van der Waals surface area contributed by atoms with E-state index in [4.69, 9.17) is 16.3 Å². The maximum absolute atomic E-state index is 10.6. The Morgan fingerprint density at radius 1 is 1.80 bits per heavy atom. The fourth-order valence-corrected chi connectivity index (χ4v) is 0.682. The molecule has 0 bridgehead atoms. The van der Waals surface area contributed by atoms with Gasteiger partial charge in [-0.15, -0.1) is 11.6 Å². The first-order valence-electron chi connectivity index (χ1n) is 3.05. The molecule has 0 rings (SSSR count). The first kappa shape index (κ1) is 9.72. The normalized spacial score (nSPS) is 12.7. The van der Waals surface area contributed by atoms with Crippen LogP contribution in [0.25, 0.3) is 0 Å². The van der Waals surface area contributed by atoms with Crippen molar-refractivity contribution in [1.82, 2.24) is 5.32 Å². The predicted octanol–water partition coefficient (Wildman–Crippen LogP) is 0.376. The number of nitrogens with one attached hydrogen (secondary N) is 1. The van der Waals surface area contributed by atoms with Gasteiger partial charge in [0.2, 0.25) is 5.91 Å². The van der Waals surface area contributed by atoms with Crippen molar-refractivity contribution in [3.05, 3.63) is 0 Å². The molecule has 0 aromatic rings. The lowest BCUT2D eigenvalue weighted by atomic mass is 10.3. The van der Waals surface area contributed by atoms with Gasteiger partial charge in [0.15, 0.2) is 0 Å². The summed E-state index contributed by atoms with van der Waals surface area (Å²) in [6.45, 7) is 2.37. The molecule has 0 aromatic carbocycles. The number of ether oxygens (including phenoxy) is 1. The summed E-state index contributed by atoms with van der Waals surface area (Å²) in [6.07, 6.45) is 0. The molecule has 1 N–H and O–H groups in total. The van der Waals surface area contributed by atoms with Crippen molar-refractivity contribution in [1.29, 1.82) is 0 Å². The van der Waals surface area contributed by atoms with Gasteiger partial charge in [-0.2, -0.15) is 0 Å². The molecule has 0 aromatic heterocycles. The van der Waals surface area contributed by atoms with Crippen LogP contribution in [0, 0.1) is 0 Å². The Balaban J connectivity index is 3.37. The van der Waals surface area contributed by atoms with E-state index in [0.717, 1.165) is 0 Å². The third kappa shape index (κ3) is 4.58. The zero-order valence-electron chi connectivity index (χ0n) is 6.19. The van der Waals surface area contributed by atoms with Crippen molar-refractivity contribution >= 4 is 17.5 Å². The SMILES string of the molecule is COC[C@@H](C)NC(=O)CCl. The monoisotopic (exact) mass is 165 g/mol. The van der Waals surface area contributed by atoms with E-state index in [1.54, 1.807) is 7.11 Å².